The monoisotopic (exact) mass is 377 g/mol. The smallest absolute Gasteiger partial charge is 0.354 e. The molecule has 1 aromatic heterocycles. The minimum atomic E-state index is -0.384. The van der Waals surface area contributed by atoms with Crippen molar-refractivity contribution >= 4 is 28.5 Å². The lowest BCUT2D eigenvalue weighted by atomic mass is 9.91. The summed E-state index contributed by atoms with van der Waals surface area (Å²) in [6.45, 7) is 2.91. The molecule has 0 saturated carbocycles. The van der Waals surface area contributed by atoms with Gasteiger partial charge in [0.2, 0.25) is 5.91 Å². The number of ether oxygens (including phenoxy) is 1. The number of anilines is 1. The molecule has 4 rings (SSSR count). The lowest BCUT2D eigenvalue weighted by molar-refractivity contribution is -0.118. The summed E-state index contributed by atoms with van der Waals surface area (Å²) in [4.78, 5) is 27.8. The molecule has 0 aliphatic carbocycles. The Balaban J connectivity index is 1.51. The van der Waals surface area contributed by atoms with Crippen molar-refractivity contribution < 1.29 is 14.3 Å². The molecule has 2 aromatic carbocycles. The van der Waals surface area contributed by atoms with E-state index in [1.54, 1.807) is 13.0 Å². The van der Waals surface area contributed by atoms with Crippen LogP contribution in [0.5, 0.6) is 0 Å². The highest BCUT2D eigenvalue weighted by molar-refractivity contribution is 5.99. The average molecular weight is 377 g/mol. The second-order valence-electron chi connectivity index (χ2n) is 6.93. The maximum Gasteiger partial charge on any atom is 0.354 e. The Morgan fingerprint density at radius 2 is 1.96 bits per heavy atom. The Bertz CT molecular complexity index is 997. The Morgan fingerprint density at radius 3 is 2.75 bits per heavy atom. The van der Waals surface area contributed by atoms with Gasteiger partial charge in [0.05, 0.1) is 12.6 Å². The van der Waals surface area contributed by atoms with Crippen molar-refractivity contribution in [3.8, 4) is 0 Å². The third kappa shape index (κ3) is 3.64. The SMILES string of the molecule is CCOC(=O)c1cc2cc(NC(=O)C3NCCC3c3ccccc3)ccc2[nH]1. The molecule has 0 radical (unpaired) electrons. The number of benzene rings is 2. The third-order valence-corrected chi connectivity index (χ3v) is 5.12. The van der Waals surface area contributed by atoms with E-state index < -0.39 is 0 Å². The Hall–Kier alpha value is -3.12. The summed E-state index contributed by atoms with van der Waals surface area (Å²) in [5.41, 5.74) is 3.10. The maximum absolute atomic E-state index is 12.9. The van der Waals surface area contributed by atoms with Gasteiger partial charge in [-0.1, -0.05) is 30.3 Å². The number of aromatic amines is 1. The van der Waals surface area contributed by atoms with E-state index in [1.165, 1.54) is 5.56 Å². The molecule has 1 amide bonds. The zero-order chi connectivity index (χ0) is 19.5. The van der Waals surface area contributed by atoms with Crippen LogP contribution in [0.2, 0.25) is 0 Å². The molecule has 28 heavy (non-hydrogen) atoms. The Labute approximate surface area is 163 Å². The molecule has 0 bridgehead atoms. The molecular weight excluding hydrogens is 354 g/mol. The van der Waals surface area contributed by atoms with Crippen LogP contribution >= 0.6 is 0 Å². The van der Waals surface area contributed by atoms with Gasteiger partial charge >= 0.3 is 5.97 Å². The van der Waals surface area contributed by atoms with Gasteiger partial charge < -0.3 is 20.4 Å². The van der Waals surface area contributed by atoms with Crippen molar-refractivity contribution in [1.82, 2.24) is 10.3 Å². The van der Waals surface area contributed by atoms with Crippen LogP contribution in [0.4, 0.5) is 5.69 Å². The van der Waals surface area contributed by atoms with Gasteiger partial charge in [-0.2, -0.15) is 0 Å². The van der Waals surface area contributed by atoms with Crippen molar-refractivity contribution in [2.24, 2.45) is 0 Å². The number of amides is 1. The number of H-pyrrole nitrogens is 1. The number of aromatic nitrogens is 1. The molecule has 2 atom stereocenters. The van der Waals surface area contributed by atoms with Crippen molar-refractivity contribution in [1.29, 1.82) is 0 Å². The number of carbonyl (C=O) groups excluding carboxylic acids is 2. The van der Waals surface area contributed by atoms with Crippen molar-refractivity contribution in [3.63, 3.8) is 0 Å². The summed E-state index contributed by atoms with van der Waals surface area (Å²) in [7, 11) is 0. The first-order valence-corrected chi connectivity index (χ1v) is 9.55. The van der Waals surface area contributed by atoms with Gasteiger partial charge in [0.1, 0.15) is 5.69 Å². The maximum atomic E-state index is 12.9. The summed E-state index contributed by atoms with van der Waals surface area (Å²) in [6, 6.07) is 17.1. The van der Waals surface area contributed by atoms with E-state index >= 15 is 0 Å². The van der Waals surface area contributed by atoms with Crippen LogP contribution in [-0.4, -0.2) is 36.1 Å². The summed E-state index contributed by atoms with van der Waals surface area (Å²) in [5, 5.41) is 7.17. The second-order valence-corrected chi connectivity index (χ2v) is 6.93. The fraction of sp³-hybridized carbons (Fsp3) is 0.273. The molecule has 2 unspecified atom stereocenters. The molecule has 1 aliphatic rings. The molecule has 144 valence electrons. The van der Waals surface area contributed by atoms with Gasteiger partial charge in [0.15, 0.2) is 0 Å². The molecule has 2 heterocycles. The molecule has 1 fully saturated rings. The van der Waals surface area contributed by atoms with Crippen molar-refractivity contribution in [2.75, 3.05) is 18.5 Å². The number of carbonyl (C=O) groups is 2. The van der Waals surface area contributed by atoms with Gasteiger partial charge in [-0.15, -0.1) is 0 Å². The van der Waals surface area contributed by atoms with E-state index in [0.29, 0.717) is 18.0 Å². The van der Waals surface area contributed by atoms with E-state index in [-0.39, 0.29) is 23.8 Å². The topological polar surface area (TPSA) is 83.2 Å². The Morgan fingerprint density at radius 1 is 1.14 bits per heavy atom. The predicted octanol–water partition coefficient (Wildman–Crippen LogP) is 3.43. The molecule has 3 aromatic rings. The van der Waals surface area contributed by atoms with Gasteiger partial charge in [-0.05, 0) is 49.7 Å². The molecule has 1 saturated heterocycles. The zero-order valence-corrected chi connectivity index (χ0v) is 15.7. The van der Waals surface area contributed by atoms with Crippen LogP contribution < -0.4 is 10.6 Å². The largest absolute Gasteiger partial charge is 0.461 e. The minimum absolute atomic E-state index is 0.0492. The van der Waals surface area contributed by atoms with E-state index in [9.17, 15) is 9.59 Å². The predicted molar refractivity (Wildman–Crippen MR) is 108 cm³/mol. The average Bonchev–Trinajstić information content (AvgIpc) is 3.36. The van der Waals surface area contributed by atoms with Crippen LogP contribution in [0.1, 0.15) is 35.3 Å². The normalized spacial score (nSPS) is 18.9. The highest BCUT2D eigenvalue weighted by Gasteiger charge is 2.33. The Kier molecular flexibility index (Phi) is 5.12. The summed E-state index contributed by atoms with van der Waals surface area (Å²) in [5.74, 6) is -0.274. The molecule has 6 nitrogen and oxygen atoms in total. The number of fused-ring (bicyclic) bond motifs is 1. The minimum Gasteiger partial charge on any atom is -0.461 e. The highest BCUT2D eigenvalue weighted by atomic mass is 16.5. The van der Waals surface area contributed by atoms with E-state index in [1.807, 2.05) is 36.4 Å². The molecular formula is C22H23N3O3. The van der Waals surface area contributed by atoms with Gasteiger partial charge in [0, 0.05) is 22.5 Å². The number of hydrogen-bond acceptors (Lipinski definition) is 4. The van der Waals surface area contributed by atoms with E-state index in [2.05, 4.69) is 27.8 Å². The van der Waals surface area contributed by atoms with Crippen LogP contribution in [0, 0.1) is 0 Å². The third-order valence-electron chi connectivity index (χ3n) is 5.12. The fourth-order valence-electron chi connectivity index (χ4n) is 3.79. The summed E-state index contributed by atoms with van der Waals surface area (Å²) in [6.07, 6.45) is 0.932. The van der Waals surface area contributed by atoms with E-state index in [4.69, 9.17) is 4.74 Å². The molecule has 3 N–H and O–H groups in total. The van der Waals surface area contributed by atoms with Gasteiger partial charge in [-0.25, -0.2) is 4.79 Å². The fourth-order valence-corrected chi connectivity index (χ4v) is 3.79. The molecule has 0 spiro atoms. The van der Waals surface area contributed by atoms with Crippen LogP contribution in [0.15, 0.2) is 54.6 Å². The van der Waals surface area contributed by atoms with Crippen LogP contribution in [0.25, 0.3) is 10.9 Å². The summed E-state index contributed by atoms with van der Waals surface area (Å²) >= 11 is 0. The summed E-state index contributed by atoms with van der Waals surface area (Å²) < 4.78 is 5.03. The number of rotatable bonds is 5. The first-order chi connectivity index (χ1) is 13.7. The number of hydrogen-bond donors (Lipinski definition) is 3. The van der Waals surface area contributed by atoms with Crippen molar-refractivity contribution in [3.05, 3.63) is 65.9 Å². The number of esters is 1. The zero-order valence-electron chi connectivity index (χ0n) is 15.7. The quantitative estimate of drug-likeness (QED) is 0.595. The standard InChI is InChI=1S/C22H23N3O3/c1-2-28-22(27)19-13-15-12-16(8-9-18(15)25-19)24-21(26)20-17(10-11-23-20)14-6-4-3-5-7-14/h3-9,12-13,17,20,23,25H,2,10-11H2,1H3,(H,24,26). The number of nitrogens with one attached hydrogen (secondary N) is 3. The van der Waals surface area contributed by atoms with Crippen molar-refractivity contribution in [2.45, 2.75) is 25.3 Å². The first kappa shape index (κ1) is 18.3. The lowest BCUT2D eigenvalue weighted by Crippen LogP contribution is -2.39. The van der Waals surface area contributed by atoms with Gasteiger partial charge in [-0.3, -0.25) is 4.79 Å². The first-order valence-electron chi connectivity index (χ1n) is 9.55. The molecule has 1 aliphatic heterocycles. The van der Waals surface area contributed by atoms with Gasteiger partial charge in [0.25, 0.3) is 0 Å². The van der Waals surface area contributed by atoms with E-state index in [0.717, 1.165) is 23.9 Å². The second kappa shape index (κ2) is 7.86. The molecule has 6 heteroatoms. The van der Waals surface area contributed by atoms with Crippen LogP contribution in [0.3, 0.4) is 0 Å². The lowest BCUT2D eigenvalue weighted by Gasteiger charge is -2.19. The highest BCUT2D eigenvalue weighted by Crippen LogP contribution is 2.29. The van der Waals surface area contributed by atoms with Crippen LogP contribution in [-0.2, 0) is 9.53 Å².